The van der Waals surface area contributed by atoms with Crippen molar-refractivity contribution in [3.05, 3.63) is 29.8 Å². The predicted molar refractivity (Wildman–Crippen MR) is 74.2 cm³/mol. The van der Waals surface area contributed by atoms with E-state index in [1.54, 1.807) is 0 Å². The van der Waals surface area contributed by atoms with Crippen LogP contribution in [-0.4, -0.2) is 12.3 Å². The van der Waals surface area contributed by atoms with Crippen molar-refractivity contribution < 1.29 is 0 Å². The minimum absolute atomic E-state index is 0.707. The first-order valence-electron chi connectivity index (χ1n) is 6.23. The van der Waals surface area contributed by atoms with Gasteiger partial charge in [-0.2, -0.15) is 11.8 Å². The van der Waals surface area contributed by atoms with E-state index in [4.69, 9.17) is 0 Å². The van der Waals surface area contributed by atoms with Gasteiger partial charge in [0.05, 0.1) is 0 Å². The van der Waals surface area contributed by atoms with Crippen LogP contribution in [0.4, 0.5) is 5.69 Å². The summed E-state index contributed by atoms with van der Waals surface area (Å²) in [5.41, 5.74) is 2.73. The molecule has 0 heterocycles. The first kappa shape index (κ1) is 11.8. The van der Waals surface area contributed by atoms with E-state index in [1.165, 1.54) is 43.4 Å². The molecular weight excluding hydrogens is 214 g/mol. The summed E-state index contributed by atoms with van der Waals surface area (Å²) in [5, 5.41) is 3.67. The van der Waals surface area contributed by atoms with Gasteiger partial charge in [0.15, 0.2) is 0 Å². The standard InChI is InChI=1S/C14H21NS/c1-16-11-12-6-5-9-14(10-12)15-13-7-3-2-4-8-13/h5-6,9-10,13,15H,2-4,7-8,11H2,1H3. The number of nitrogens with one attached hydrogen (secondary N) is 1. The van der Waals surface area contributed by atoms with Crippen LogP contribution >= 0.6 is 11.8 Å². The second-order valence-corrected chi connectivity index (χ2v) is 5.48. The summed E-state index contributed by atoms with van der Waals surface area (Å²) in [6.07, 6.45) is 9.04. The molecule has 88 valence electrons. The van der Waals surface area contributed by atoms with Crippen molar-refractivity contribution >= 4 is 17.4 Å². The molecule has 0 aromatic heterocycles. The highest BCUT2D eigenvalue weighted by atomic mass is 32.2. The smallest absolute Gasteiger partial charge is 0.0345 e. The van der Waals surface area contributed by atoms with Crippen LogP contribution < -0.4 is 5.32 Å². The highest BCUT2D eigenvalue weighted by Crippen LogP contribution is 2.22. The van der Waals surface area contributed by atoms with E-state index in [9.17, 15) is 0 Å². The summed E-state index contributed by atoms with van der Waals surface area (Å²) >= 11 is 1.88. The Hall–Kier alpha value is -0.630. The van der Waals surface area contributed by atoms with E-state index >= 15 is 0 Å². The fourth-order valence-electron chi connectivity index (χ4n) is 2.40. The minimum atomic E-state index is 0.707. The molecule has 2 rings (SSSR count). The summed E-state index contributed by atoms with van der Waals surface area (Å²) in [7, 11) is 0. The van der Waals surface area contributed by atoms with Gasteiger partial charge in [0.1, 0.15) is 0 Å². The van der Waals surface area contributed by atoms with Crippen LogP contribution in [0.2, 0.25) is 0 Å². The molecule has 1 nitrogen and oxygen atoms in total. The van der Waals surface area contributed by atoms with Gasteiger partial charge in [-0.1, -0.05) is 31.4 Å². The van der Waals surface area contributed by atoms with E-state index in [2.05, 4.69) is 35.8 Å². The Morgan fingerprint density at radius 2 is 2.06 bits per heavy atom. The van der Waals surface area contributed by atoms with E-state index < -0.39 is 0 Å². The van der Waals surface area contributed by atoms with Crippen molar-refractivity contribution in [1.82, 2.24) is 0 Å². The Labute approximate surface area is 103 Å². The van der Waals surface area contributed by atoms with Gasteiger partial charge in [0, 0.05) is 17.5 Å². The lowest BCUT2D eigenvalue weighted by Crippen LogP contribution is -2.22. The molecule has 2 heteroatoms. The second-order valence-electron chi connectivity index (χ2n) is 4.61. The first-order chi connectivity index (χ1) is 7.88. The number of benzene rings is 1. The zero-order valence-corrected chi connectivity index (χ0v) is 10.9. The van der Waals surface area contributed by atoms with E-state index in [0.29, 0.717) is 6.04 Å². The van der Waals surface area contributed by atoms with E-state index in [1.807, 2.05) is 11.8 Å². The molecular formula is C14H21NS. The van der Waals surface area contributed by atoms with Gasteiger partial charge in [-0.25, -0.2) is 0 Å². The van der Waals surface area contributed by atoms with Gasteiger partial charge in [0.25, 0.3) is 0 Å². The topological polar surface area (TPSA) is 12.0 Å². The molecule has 0 unspecified atom stereocenters. The zero-order valence-electron chi connectivity index (χ0n) is 10.0. The zero-order chi connectivity index (χ0) is 11.2. The third kappa shape index (κ3) is 3.44. The summed E-state index contributed by atoms with van der Waals surface area (Å²) in [6, 6.07) is 9.57. The maximum Gasteiger partial charge on any atom is 0.0345 e. The van der Waals surface area contributed by atoms with E-state index in [-0.39, 0.29) is 0 Å². The SMILES string of the molecule is CSCc1cccc(NC2CCCCC2)c1. The molecule has 16 heavy (non-hydrogen) atoms. The highest BCUT2D eigenvalue weighted by Gasteiger charge is 2.12. The fraction of sp³-hybridized carbons (Fsp3) is 0.571. The molecule has 0 atom stereocenters. The van der Waals surface area contributed by atoms with Crippen LogP contribution in [0.25, 0.3) is 0 Å². The van der Waals surface area contributed by atoms with Crippen LogP contribution in [0.3, 0.4) is 0 Å². The molecule has 1 aromatic carbocycles. The average Bonchev–Trinajstić information content (AvgIpc) is 2.31. The Bertz CT molecular complexity index is 318. The molecule has 1 aromatic rings. The predicted octanol–water partition coefficient (Wildman–Crippen LogP) is 4.29. The van der Waals surface area contributed by atoms with Gasteiger partial charge in [-0.3, -0.25) is 0 Å². The van der Waals surface area contributed by atoms with Crippen molar-refractivity contribution in [2.24, 2.45) is 0 Å². The van der Waals surface area contributed by atoms with Gasteiger partial charge < -0.3 is 5.32 Å². The molecule has 0 aliphatic heterocycles. The van der Waals surface area contributed by atoms with Gasteiger partial charge in [-0.05, 0) is 36.8 Å². The van der Waals surface area contributed by atoms with E-state index in [0.717, 1.165) is 5.75 Å². The van der Waals surface area contributed by atoms with Crippen LogP contribution in [-0.2, 0) is 5.75 Å². The quantitative estimate of drug-likeness (QED) is 0.835. The van der Waals surface area contributed by atoms with Crippen LogP contribution in [0, 0.1) is 0 Å². The lowest BCUT2D eigenvalue weighted by atomic mass is 9.95. The van der Waals surface area contributed by atoms with Crippen molar-refractivity contribution in [3.63, 3.8) is 0 Å². The lowest BCUT2D eigenvalue weighted by molar-refractivity contribution is 0.463. The Morgan fingerprint density at radius 1 is 1.25 bits per heavy atom. The number of hydrogen-bond donors (Lipinski definition) is 1. The molecule has 0 spiro atoms. The number of thioether (sulfide) groups is 1. The molecule has 1 N–H and O–H groups in total. The van der Waals surface area contributed by atoms with Crippen molar-refractivity contribution in [2.45, 2.75) is 43.9 Å². The molecule has 0 saturated heterocycles. The van der Waals surface area contributed by atoms with Crippen molar-refractivity contribution in [2.75, 3.05) is 11.6 Å². The maximum atomic E-state index is 3.67. The summed E-state index contributed by atoms with van der Waals surface area (Å²) in [4.78, 5) is 0. The first-order valence-corrected chi connectivity index (χ1v) is 7.62. The molecule has 1 fully saturated rings. The molecule has 0 amide bonds. The summed E-state index contributed by atoms with van der Waals surface area (Å²) < 4.78 is 0. The Morgan fingerprint density at radius 3 is 2.81 bits per heavy atom. The highest BCUT2D eigenvalue weighted by molar-refractivity contribution is 7.97. The minimum Gasteiger partial charge on any atom is -0.382 e. The molecule has 0 radical (unpaired) electrons. The molecule has 1 aliphatic carbocycles. The second kappa shape index (κ2) is 6.19. The van der Waals surface area contributed by atoms with Crippen molar-refractivity contribution in [3.8, 4) is 0 Å². The summed E-state index contributed by atoms with van der Waals surface area (Å²) in [5.74, 6) is 1.11. The third-order valence-corrected chi connectivity index (χ3v) is 3.84. The molecule has 1 saturated carbocycles. The van der Waals surface area contributed by atoms with Crippen LogP contribution in [0.5, 0.6) is 0 Å². The number of hydrogen-bond acceptors (Lipinski definition) is 2. The third-order valence-electron chi connectivity index (χ3n) is 3.21. The number of anilines is 1. The van der Waals surface area contributed by atoms with Gasteiger partial charge >= 0.3 is 0 Å². The average molecular weight is 235 g/mol. The maximum absolute atomic E-state index is 3.67. The van der Waals surface area contributed by atoms with Gasteiger partial charge in [-0.15, -0.1) is 0 Å². The Balaban J connectivity index is 1.94. The number of rotatable bonds is 4. The van der Waals surface area contributed by atoms with Crippen molar-refractivity contribution in [1.29, 1.82) is 0 Å². The molecule has 0 bridgehead atoms. The lowest BCUT2D eigenvalue weighted by Gasteiger charge is -2.24. The fourth-order valence-corrected chi connectivity index (χ4v) is 2.91. The monoisotopic (exact) mass is 235 g/mol. The largest absolute Gasteiger partial charge is 0.382 e. The van der Waals surface area contributed by atoms with Gasteiger partial charge in [0.2, 0.25) is 0 Å². The molecule has 1 aliphatic rings. The summed E-state index contributed by atoms with van der Waals surface area (Å²) in [6.45, 7) is 0. The van der Waals surface area contributed by atoms with Crippen LogP contribution in [0.15, 0.2) is 24.3 Å². The Kier molecular flexibility index (Phi) is 4.58. The normalized spacial score (nSPS) is 17.3. The van der Waals surface area contributed by atoms with Crippen LogP contribution in [0.1, 0.15) is 37.7 Å².